The van der Waals surface area contributed by atoms with E-state index in [1.54, 1.807) is 0 Å². The summed E-state index contributed by atoms with van der Waals surface area (Å²) < 4.78 is 57.6. The number of carbonyl (C=O) groups excluding carboxylic acids is 1. The maximum atomic E-state index is 12.4. The summed E-state index contributed by atoms with van der Waals surface area (Å²) in [6.45, 7) is -1.22. The highest BCUT2D eigenvalue weighted by Gasteiger charge is 2.44. The van der Waals surface area contributed by atoms with Gasteiger partial charge in [-0.1, -0.05) is 19.3 Å². The number of aromatic amines is 1. The van der Waals surface area contributed by atoms with Gasteiger partial charge in [0, 0.05) is 25.2 Å². The van der Waals surface area contributed by atoms with Crippen LogP contribution in [0.3, 0.4) is 0 Å². The first-order valence-corrected chi connectivity index (χ1v) is 19.5. The van der Waals surface area contributed by atoms with Crippen LogP contribution in [0.5, 0.6) is 0 Å². The zero-order chi connectivity index (χ0) is 37.4. The number of H-pyrrole nitrogens is 1. The van der Waals surface area contributed by atoms with Crippen LogP contribution in [0.2, 0.25) is 0 Å². The number of unbranched alkanes of at least 4 members (excludes halogenated alkanes) is 3. The summed E-state index contributed by atoms with van der Waals surface area (Å²) in [5.41, 5.74) is -2.01. The molecule has 2 saturated heterocycles. The Morgan fingerprint density at radius 3 is 2.24 bits per heavy atom. The molecule has 1 aromatic heterocycles. The molecular weight excluding hydrogens is 743 g/mol. The molecule has 0 saturated carbocycles. The molecule has 0 bridgehead atoms. The van der Waals surface area contributed by atoms with Gasteiger partial charge in [0.15, 0.2) is 0 Å². The second-order valence-corrected chi connectivity index (χ2v) is 15.7. The van der Waals surface area contributed by atoms with Crippen LogP contribution in [0.15, 0.2) is 21.9 Å². The molecule has 26 heteroatoms. The molecular formula is C24H40N3O20P3. The number of aromatic nitrogens is 2. The Kier molecular flexibility index (Phi) is 15.4. The molecule has 0 aromatic carbocycles. The monoisotopic (exact) mass is 783 g/mol. The van der Waals surface area contributed by atoms with Crippen molar-refractivity contribution in [3.63, 3.8) is 0 Å². The summed E-state index contributed by atoms with van der Waals surface area (Å²) in [5.74, 6) is -0.567. The van der Waals surface area contributed by atoms with Gasteiger partial charge in [0.05, 0.1) is 31.0 Å². The molecule has 11 N–H and O–H groups in total. The van der Waals surface area contributed by atoms with Gasteiger partial charge in [0.25, 0.3) is 5.56 Å². The highest BCUT2D eigenvalue weighted by molar-refractivity contribution is 7.66. The largest absolute Gasteiger partial charge is 0.490 e. The molecule has 23 nitrogen and oxygen atoms in total. The van der Waals surface area contributed by atoms with Crippen LogP contribution < -0.4 is 16.6 Å². The molecule has 0 aliphatic carbocycles. The SMILES string of the molecule is O=C(/C=C/c1cn([C@H]2C[C@H](O)[C@@H](COP(=O)(O)OP(=O)(O)OP(=O)(O)O)O2)c(=O)[nH]c1=O)NCCCCCC[C@@H]1O[C@H](CO)[C@@H](O)[C@H](O)[C@H]1O. The molecule has 50 heavy (non-hydrogen) atoms. The standard InChI is InChI=1S/C24H40N3O20P3/c28-11-16-21(32)22(33)20(31)15(44-16)5-3-1-2-4-8-25-18(30)7-6-13-10-27(24(35)26-23(13)34)19-9-14(29)17(45-19)12-43-49(39,40)47-50(41,42)46-48(36,37)38/h6-7,10,14-17,19-22,28-29,31-33H,1-5,8-9,11-12H2,(H,25,30)(H,39,40)(H,41,42)(H,26,34,35)(H2,36,37,38)/b7-6+/t14-,15-,16+,17+,19+,20-,21+,22+/m0/s1. The van der Waals surface area contributed by atoms with Crippen molar-refractivity contribution in [1.82, 2.24) is 14.9 Å². The molecule has 3 heterocycles. The summed E-state index contributed by atoms with van der Waals surface area (Å²) in [4.78, 5) is 75.1. The number of hydrogen-bond donors (Lipinski definition) is 11. The molecule has 2 fully saturated rings. The van der Waals surface area contributed by atoms with Gasteiger partial charge in [-0.2, -0.15) is 8.62 Å². The maximum Gasteiger partial charge on any atom is 0.490 e. The van der Waals surface area contributed by atoms with Crippen LogP contribution in [0.25, 0.3) is 6.08 Å². The number of rotatable bonds is 18. The summed E-state index contributed by atoms with van der Waals surface area (Å²) in [6.07, 6.45) is -4.26. The fourth-order valence-electron chi connectivity index (χ4n) is 5.02. The van der Waals surface area contributed by atoms with Crippen LogP contribution in [0.1, 0.15) is 50.3 Å². The van der Waals surface area contributed by atoms with Gasteiger partial charge < -0.3 is 59.9 Å². The van der Waals surface area contributed by atoms with E-state index in [-0.39, 0.29) is 18.5 Å². The zero-order valence-electron chi connectivity index (χ0n) is 26.0. The average Bonchev–Trinajstić information content (AvgIpc) is 3.37. The Morgan fingerprint density at radius 2 is 1.58 bits per heavy atom. The normalized spacial score (nSPS) is 29.9. The van der Waals surface area contributed by atoms with Gasteiger partial charge in [0.2, 0.25) is 5.91 Å². The van der Waals surface area contributed by atoms with Crippen LogP contribution >= 0.6 is 23.5 Å². The Balaban J connectivity index is 1.45. The minimum absolute atomic E-state index is 0.164. The number of carbonyl (C=O) groups is 1. The van der Waals surface area contributed by atoms with Crippen molar-refractivity contribution in [3.8, 4) is 0 Å². The molecule has 2 unspecified atom stereocenters. The Hall–Kier alpha value is -1.98. The lowest BCUT2D eigenvalue weighted by molar-refractivity contribution is -0.230. The van der Waals surface area contributed by atoms with E-state index in [0.29, 0.717) is 32.1 Å². The Labute approximate surface area is 282 Å². The van der Waals surface area contributed by atoms with Crippen molar-refractivity contribution in [2.75, 3.05) is 19.8 Å². The van der Waals surface area contributed by atoms with E-state index in [9.17, 15) is 63.4 Å². The third kappa shape index (κ3) is 12.9. The fraction of sp³-hybridized carbons (Fsp3) is 0.708. The van der Waals surface area contributed by atoms with Crippen molar-refractivity contribution < 1.29 is 86.2 Å². The molecule has 0 radical (unpaired) electrons. The maximum absolute atomic E-state index is 12.4. The molecule has 1 amide bonds. The van der Waals surface area contributed by atoms with Crippen molar-refractivity contribution >= 4 is 35.5 Å². The smallest absolute Gasteiger partial charge is 0.394 e. The third-order valence-corrected chi connectivity index (χ3v) is 11.3. The van der Waals surface area contributed by atoms with Crippen LogP contribution in [0.4, 0.5) is 0 Å². The van der Waals surface area contributed by atoms with E-state index in [1.165, 1.54) is 0 Å². The number of aliphatic hydroxyl groups excluding tert-OH is 5. The number of amides is 1. The summed E-state index contributed by atoms with van der Waals surface area (Å²) >= 11 is 0. The van der Waals surface area contributed by atoms with E-state index >= 15 is 0 Å². The Bertz CT molecular complexity index is 1590. The fourth-order valence-corrected chi connectivity index (χ4v) is 8.05. The molecule has 2 aliphatic heterocycles. The first-order valence-electron chi connectivity index (χ1n) is 15.0. The average molecular weight is 784 g/mol. The number of aliphatic hydroxyl groups is 5. The first-order chi connectivity index (χ1) is 23.2. The third-order valence-electron chi connectivity index (χ3n) is 7.45. The van der Waals surface area contributed by atoms with Crippen molar-refractivity contribution in [3.05, 3.63) is 38.7 Å². The predicted molar refractivity (Wildman–Crippen MR) is 165 cm³/mol. The summed E-state index contributed by atoms with van der Waals surface area (Å²) in [5, 5.41) is 52.0. The second-order valence-electron chi connectivity index (χ2n) is 11.3. The van der Waals surface area contributed by atoms with Gasteiger partial charge in [-0.15, -0.1) is 0 Å². The highest BCUT2D eigenvalue weighted by atomic mass is 31.3. The van der Waals surface area contributed by atoms with Crippen LogP contribution in [-0.2, 0) is 41.1 Å². The molecule has 2 aliphatic rings. The van der Waals surface area contributed by atoms with Gasteiger partial charge in [-0.25, -0.2) is 18.5 Å². The highest BCUT2D eigenvalue weighted by Crippen LogP contribution is 2.66. The lowest BCUT2D eigenvalue weighted by Crippen LogP contribution is -2.58. The van der Waals surface area contributed by atoms with Crippen LogP contribution in [-0.4, -0.2) is 123 Å². The number of nitrogens with one attached hydrogen (secondary N) is 2. The number of hydrogen-bond acceptors (Lipinski definition) is 16. The number of nitrogens with zero attached hydrogens (tertiary/aromatic N) is 1. The van der Waals surface area contributed by atoms with Crippen molar-refractivity contribution in [2.24, 2.45) is 0 Å². The van der Waals surface area contributed by atoms with E-state index in [2.05, 4.69) is 18.5 Å². The quantitative estimate of drug-likeness (QED) is 0.0415. The van der Waals surface area contributed by atoms with Crippen LogP contribution in [0, 0.1) is 0 Å². The molecule has 286 valence electrons. The predicted octanol–water partition coefficient (Wildman–Crippen LogP) is -2.55. The summed E-state index contributed by atoms with van der Waals surface area (Å²) in [6, 6.07) is 0. The number of phosphoric acid groups is 3. The number of phosphoric ester groups is 1. The summed E-state index contributed by atoms with van der Waals surface area (Å²) in [7, 11) is -16.9. The van der Waals surface area contributed by atoms with E-state index in [0.717, 1.165) is 22.9 Å². The Morgan fingerprint density at radius 1 is 0.920 bits per heavy atom. The van der Waals surface area contributed by atoms with Gasteiger partial charge in [-0.3, -0.25) is 23.7 Å². The van der Waals surface area contributed by atoms with Crippen molar-refractivity contribution in [1.29, 1.82) is 0 Å². The van der Waals surface area contributed by atoms with E-state index in [1.807, 2.05) is 4.98 Å². The first kappa shape index (κ1) is 42.4. The topological polar surface area (TPSA) is 363 Å². The lowest BCUT2D eigenvalue weighted by Gasteiger charge is -2.40. The van der Waals surface area contributed by atoms with E-state index < -0.39 is 103 Å². The zero-order valence-corrected chi connectivity index (χ0v) is 28.7. The van der Waals surface area contributed by atoms with Crippen molar-refractivity contribution in [2.45, 2.75) is 87.5 Å². The molecule has 0 spiro atoms. The molecule has 3 rings (SSSR count). The number of ether oxygens (including phenoxy) is 2. The lowest BCUT2D eigenvalue weighted by atomic mass is 9.92. The van der Waals surface area contributed by atoms with Gasteiger partial charge in [-0.05, 0) is 18.9 Å². The van der Waals surface area contributed by atoms with E-state index in [4.69, 9.17) is 19.3 Å². The van der Waals surface area contributed by atoms with Gasteiger partial charge >= 0.3 is 29.2 Å². The molecule has 1 aromatic rings. The molecule has 10 atom stereocenters. The second kappa shape index (κ2) is 18.2. The minimum atomic E-state index is -5.78. The van der Waals surface area contributed by atoms with Gasteiger partial charge in [0.1, 0.15) is 36.7 Å². The minimum Gasteiger partial charge on any atom is -0.394 e.